The van der Waals surface area contributed by atoms with E-state index in [1.165, 1.54) is 32.1 Å². The van der Waals surface area contributed by atoms with Crippen LogP contribution in [0.15, 0.2) is 0 Å². The number of aliphatic hydroxyl groups excluding tert-OH is 1. The van der Waals surface area contributed by atoms with Crippen LogP contribution in [0.25, 0.3) is 0 Å². The Bertz CT molecular complexity index is 202. The van der Waals surface area contributed by atoms with Gasteiger partial charge in [0.15, 0.2) is 0 Å². The van der Waals surface area contributed by atoms with E-state index in [2.05, 4.69) is 4.90 Å². The largest absolute Gasteiger partial charge is 0.481 e. The number of rotatable bonds is 7. The zero-order valence-corrected chi connectivity index (χ0v) is 9.90. The van der Waals surface area contributed by atoms with E-state index in [0.717, 1.165) is 13.0 Å². The maximum atomic E-state index is 10.6. The quantitative estimate of drug-likeness (QED) is 0.694. The summed E-state index contributed by atoms with van der Waals surface area (Å²) in [7, 11) is 0. The van der Waals surface area contributed by atoms with Crippen LogP contribution < -0.4 is 0 Å². The van der Waals surface area contributed by atoms with Gasteiger partial charge in [-0.05, 0) is 19.3 Å². The predicted octanol–water partition coefficient (Wildman–Crippen LogP) is 1.48. The summed E-state index contributed by atoms with van der Waals surface area (Å²) in [6.45, 7) is 1.64. The summed E-state index contributed by atoms with van der Waals surface area (Å²) in [4.78, 5) is 12.8. The van der Waals surface area contributed by atoms with E-state index >= 15 is 0 Å². The Hall–Kier alpha value is -0.610. The average Bonchev–Trinajstić information content (AvgIpc) is 2.30. The van der Waals surface area contributed by atoms with Gasteiger partial charge in [-0.3, -0.25) is 9.69 Å². The molecule has 1 saturated carbocycles. The van der Waals surface area contributed by atoms with Crippen molar-refractivity contribution in [2.45, 2.75) is 51.0 Å². The summed E-state index contributed by atoms with van der Waals surface area (Å²) in [5.41, 5.74) is 0. The second-order valence-electron chi connectivity index (χ2n) is 4.55. The van der Waals surface area contributed by atoms with Gasteiger partial charge in [-0.25, -0.2) is 0 Å². The van der Waals surface area contributed by atoms with Gasteiger partial charge in [0.1, 0.15) is 0 Å². The van der Waals surface area contributed by atoms with Crippen molar-refractivity contribution in [3.05, 3.63) is 0 Å². The van der Waals surface area contributed by atoms with Crippen LogP contribution in [0.3, 0.4) is 0 Å². The van der Waals surface area contributed by atoms with E-state index in [1.54, 1.807) is 0 Å². The molecule has 1 aliphatic carbocycles. The molecule has 94 valence electrons. The van der Waals surface area contributed by atoms with E-state index in [4.69, 9.17) is 10.2 Å². The molecule has 2 N–H and O–H groups in total. The van der Waals surface area contributed by atoms with Gasteiger partial charge >= 0.3 is 5.97 Å². The van der Waals surface area contributed by atoms with Crippen LogP contribution in [0.2, 0.25) is 0 Å². The highest BCUT2D eigenvalue weighted by molar-refractivity contribution is 5.66. The molecule has 0 atom stereocenters. The fourth-order valence-electron chi connectivity index (χ4n) is 2.44. The number of carboxylic acids is 1. The van der Waals surface area contributed by atoms with Gasteiger partial charge in [0.25, 0.3) is 0 Å². The average molecular weight is 229 g/mol. The molecule has 0 aliphatic heterocycles. The normalized spacial score (nSPS) is 17.9. The topological polar surface area (TPSA) is 60.8 Å². The standard InChI is InChI=1S/C12H23NO3/c14-10-4-8-13(9-7-12(15)16)11-5-2-1-3-6-11/h11,14H,1-10H2,(H,15,16). The third-order valence-electron chi connectivity index (χ3n) is 3.31. The number of carbonyl (C=O) groups is 1. The highest BCUT2D eigenvalue weighted by Crippen LogP contribution is 2.22. The molecule has 4 nitrogen and oxygen atoms in total. The second kappa shape index (κ2) is 7.63. The molecule has 1 aliphatic rings. The highest BCUT2D eigenvalue weighted by atomic mass is 16.4. The van der Waals surface area contributed by atoms with Gasteiger partial charge in [-0.15, -0.1) is 0 Å². The highest BCUT2D eigenvalue weighted by Gasteiger charge is 2.20. The minimum absolute atomic E-state index is 0.191. The maximum Gasteiger partial charge on any atom is 0.304 e. The lowest BCUT2D eigenvalue weighted by Gasteiger charge is -2.34. The van der Waals surface area contributed by atoms with Crippen LogP contribution in [0.1, 0.15) is 44.9 Å². The summed E-state index contributed by atoms with van der Waals surface area (Å²) in [6, 6.07) is 0.541. The Morgan fingerprint density at radius 3 is 2.44 bits per heavy atom. The molecule has 0 aromatic carbocycles. The molecule has 0 radical (unpaired) electrons. The summed E-state index contributed by atoms with van der Waals surface area (Å²) < 4.78 is 0. The Labute approximate surface area is 97.3 Å². The molecule has 1 fully saturated rings. The number of nitrogens with zero attached hydrogens (tertiary/aromatic N) is 1. The third-order valence-corrected chi connectivity index (χ3v) is 3.31. The van der Waals surface area contributed by atoms with E-state index < -0.39 is 5.97 Å². The van der Waals surface area contributed by atoms with Gasteiger partial charge < -0.3 is 10.2 Å². The van der Waals surface area contributed by atoms with Gasteiger partial charge in [-0.2, -0.15) is 0 Å². The fourth-order valence-corrected chi connectivity index (χ4v) is 2.44. The van der Waals surface area contributed by atoms with Crippen LogP contribution in [-0.4, -0.2) is 46.8 Å². The zero-order valence-electron chi connectivity index (χ0n) is 9.90. The molecule has 0 unspecified atom stereocenters. The molecule has 0 bridgehead atoms. The minimum Gasteiger partial charge on any atom is -0.481 e. The first-order valence-electron chi connectivity index (χ1n) is 6.30. The molecular formula is C12H23NO3. The summed E-state index contributed by atoms with van der Waals surface area (Å²) in [5, 5.41) is 17.6. The van der Waals surface area contributed by atoms with Gasteiger partial charge in [-0.1, -0.05) is 19.3 Å². The Morgan fingerprint density at radius 1 is 1.19 bits per heavy atom. The molecule has 0 aromatic rings. The van der Waals surface area contributed by atoms with Crippen LogP contribution in [0.5, 0.6) is 0 Å². The van der Waals surface area contributed by atoms with Crippen molar-refractivity contribution in [2.24, 2.45) is 0 Å². The van der Waals surface area contributed by atoms with Gasteiger partial charge in [0.2, 0.25) is 0 Å². The zero-order chi connectivity index (χ0) is 11.8. The van der Waals surface area contributed by atoms with Gasteiger partial charge in [0.05, 0.1) is 6.42 Å². The Balaban J connectivity index is 2.37. The molecular weight excluding hydrogens is 206 g/mol. The number of carboxylic acid groups (broad SMARTS) is 1. The first-order chi connectivity index (χ1) is 7.74. The molecule has 0 heterocycles. The SMILES string of the molecule is O=C(O)CCN(CCCO)C1CCCCC1. The third kappa shape index (κ3) is 4.94. The number of aliphatic hydroxyl groups is 1. The molecule has 0 spiro atoms. The van der Waals surface area contributed by atoms with Crippen molar-refractivity contribution >= 4 is 5.97 Å². The van der Waals surface area contributed by atoms with Crippen LogP contribution in [0, 0.1) is 0 Å². The predicted molar refractivity (Wildman–Crippen MR) is 62.4 cm³/mol. The monoisotopic (exact) mass is 229 g/mol. The molecule has 0 saturated heterocycles. The van der Waals surface area contributed by atoms with Crippen molar-refractivity contribution in [1.82, 2.24) is 4.90 Å². The van der Waals surface area contributed by atoms with Crippen molar-refractivity contribution < 1.29 is 15.0 Å². The van der Waals surface area contributed by atoms with E-state index in [1.807, 2.05) is 0 Å². The molecule has 4 heteroatoms. The molecule has 1 rings (SSSR count). The summed E-state index contributed by atoms with van der Waals surface area (Å²) in [5.74, 6) is -0.732. The van der Waals surface area contributed by atoms with Crippen LogP contribution >= 0.6 is 0 Å². The van der Waals surface area contributed by atoms with Gasteiger partial charge in [0, 0.05) is 25.7 Å². The first-order valence-corrected chi connectivity index (χ1v) is 6.30. The van der Waals surface area contributed by atoms with E-state index in [-0.39, 0.29) is 13.0 Å². The fraction of sp³-hybridized carbons (Fsp3) is 0.917. The number of hydrogen-bond acceptors (Lipinski definition) is 3. The lowest BCUT2D eigenvalue weighted by Crippen LogP contribution is -2.39. The minimum atomic E-state index is -0.732. The van der Waals surface area contributed by atoms with E-state index in [9.17, 15) is 4.79 Å². The summed E-state index contributed by atoms with van der Waals surface area (Å²) in [6.07, 6.45) is 7.15. The molecule has 0 aromatic heterocycles. The Kier molecular flexibility index (Phi) is 6.42. The molecule has 0 amide bonds. The lowest BCUT2D eigenvalue weighted by atomic mass is 9.94. The summed E-state index contributed by atoms with van der Waals surface area (Å²) >= 11 is 0. The first kappa shape index (κ1) is 13.5. The smallest absolute Gasteiger partial charge is 0.304 e. The van der Waals surface area contributed by atoms with Crippen LogP contribution in [0.4, 0.5) is 0 Å². The van der Waals surface area contributed by atoms with E-state index in [0.29, 0.717) is 12.6 Å². The lowest BCUT2D eigenvalue weighted by molar-refractivity contribution is -0.137. The number of aliphatic carboxylic acids is 1. The second-order valence-corrected chi connectivity index (χ2v) is 4.55. The van der Waals surface area contributed by atoms with Crippen molar-refractivity contribution in [3.63, 3.8) is 0 Å². The Morgan fingerprint density at radius 2 is 1.88 bits per heavy atom. The van der Waals surface area contributed by atoms with Crippen molar-refractivity contribution in [1.29, 1.82) is 0 Å². The maximum absolute atomic E-state index is 10.6. The number of hydrogen-bond donors (Lipinski definition) is 2. The van der Waals surface area contributed by atoms with Crippen molar-refractivity contribution in [3.8, 4) is 0 Å². The van der Waals surface area contributed by atoms with Crippen molar-refractivity contribution in [2.75, 3.05) is 19.7 Å². The molecule has 16 heavy (non-hydrogen) atoms. The van der Waals surface area contributed by atoms with Crippen LogP contribution in [-0.2, 0) is 4.79 Å².